The van der Waals surface area contributed by atoms with Crippen molar-refractivity contribution in [3.8, 4) is 16.8 Å². The zero-order valence-electron chi connectivity index (χ0n) is 49.2. The van der Waals surface area contributed by atoms with Crippen LogP contribution in [0.5, 0.6) is 0 Å². The van der Waals surface area contributed by atoms with E-state index in [1.54, 1.807) is 24.3 Å². The van der Waals surface area contributed by atoms with Crippen LogP contribution in [0.4, 0.5) is 54.8 Å². The van der Waals surface area contributed by atoms with Gasteiger partial charge >= 0.3 is 12.4 Å². The minimum absolute atomic E-state index is 0.0596. The van der Waals surface area contributed by atoms with E-state index in [1.807, 2.05) is 86.6 Å². The number of rotatable bonds is 6. The Kier molecular flexibility index (Phi) is 11.1. The van der Waals surface area contributed by atoms with Gasteiger partial charge in [-0.2, -0.15) is 26.3 Å². The molecule has 12 aromatic carbocycles. The molecule has 11 heteroatoms. The molecule has 4 heterocycles. The molecule has 0 N–H and O–H groups in total. The van der Waals surface area contributed by atoms with Crippen LogP contribution in [0.1, 0.15) is 75.1 Å². The highest BCUT2D eigenvalue weighted by Gasteiger charge is 2.53. The largest absolute Gasteiger partial charge is 0.454 e. The van der Waals surface area contributed by atoms with E-state index in [0.717, 1.165) is 151 Å². The van der Waals surface area contributed by atoms with Crippen molar-refractivity contribution in [1.29, 1.82) is 0 Å². The molecule has 3 aliphatic rings. The second-order valence-electron chi connectivity index (χ2n) is 24.5. The van der Waals surface area contributed by atoms with E-state index in [2.05, 4.69) is 137 Å². The summed E-state index contributed by atoms with van der Waals surface area (Å²) in [5.41, 5.74) is 14.8. The van der Waals surface area contributed by atoms with Crippen LogP contribution in [0.25, 0.3) is 98.8 Å². The van der Waals surface area contributed by atoms with E-state index in [4.69, 9.17) is 8.83 Å². The number of halogens is 6. The number of allylic oxidation sites excluding steroid dienone is 1. The summed E-state index contributed by atoms with van der Waals surface area (Å²) in [5.74, 6) is 0.709. The molecule has 1 aliphatic heterocycles. The lowest BCUT2D eigenvalue weighted by Crippen LogP contribution is -2.34. The number of hydrogen-bond acceptors (Lipinski definition) is 4. The van der Waals surface area contributed by atoms with Crippen molar-refractivity contribution in [1.82, 2.24) is 4.57 Å². The van der Waals surface area contributed by atoms with Crippen molar-refractivity contribution in [2.24, 2.45) is 0 Å². The Balaban J connectivity index is 1.01. The van der Waals surface area contributed by atoms with Crippen LogP contribution in [0.2, 0.25) is 0 Å². The molecule has 0 radical (unpaired) electrons. The zero-order chi connectivity index (χ0) is 61.6. The SMILES string of the molecule is Cc1cccc2c3c(oc12)C(N(c1ccc(C(F)(F)F)cc1)c1cc2c(c4ccccc14)-c1c(cc(N(c4ccc(C(F)(F)F)cc4)c4cccc5c4oc4c(C)cccc45)c4ccccc14)C21c2ccccc2-n2c4ccccc4c4cccc1c42)=CCC3C. The summed E-state index contributed by atoms with van der Waals surface area (Å²) in [5, 5.41) is 8.38. The van der Waals surface area contributed by atoms with Gasteiger partial charge in [0.1, 0.15) is 11.2 Å². The van der Waals surface area contributed by atoms with Gasteiger partial charge in [-0.15, -0.1) is 0 Å². The first-order chi connectivity index (χ1) is 44.2. The van der Waals surface area contributed by atoms with E-state index in [0.29, 0.717) is 51.8 Å². The molecule has 18 rings (SSSR count). The van der Waals surface area contributed by atoms with Crippen molar-refractivity contribution in [3.63, 3.8) is 0 Å². The Labute approximate surface area is 517 Å². The van der Waals surface area contributed by atoms with Gasteiger partial charge in [0, 0.05) is 54.6 Å². The summed E-state index contributed by atoms with van der Waals surface area (Å²) in [4.78, 5) is 4.17. The quantitative estimate of drug-likeness (QED) is 0.156. The van der Waals surface area contributed by atoms with Crippen LogP contribution in [-0.2, 0) is 17.8 Å². The average molecular weight is 1200 g/mol. The first-order valence-electron chi connectivity index (χ1n) is 30.5. The average Bonchev–Trinajstić information content (AvgIpc) is 1.52. The molecule has 15 aromatic rings. The molecule has 0 bridgehead atoms. The number of aryl methyl sites for hydroxylation is 2. The number of para-hydroxylation sites is 6. The maximum Gasteiger partial charge on any atom is 0.416 e. The second-order valence-corrected chi connectivity index (χ2v) is 24.5. The number of furan rings is 2. The Hall–Kier alpha value is -10.8. The fourth-order valence-corrected chi connectivity index (χ4v) is 15.8. The number of alkyl halides is 6. The van der Waals surface area contributed by atoms with Gasteiger partial charge in [0.2, 0.25) is 0 Å². The topological polar surface area (TPSA) is 37.7 Å². The number of hydrogen-bond donors (Lipinski definition) is 0. The third-order valence-electron chi connectivity index (χ3n) is 19.7. The molecule has 5 nitrogen and oxygen atoms in total. The van der Waals surface area contributed by atoms with Crippen molar-refractivity contribution in [3.05, 3.63) is 292 Å². The molecule has 3 aromatic heterocycles. The molecule has 0 saturated carbocycles. The third kappa shape index (κ3) is 7.31. The maximum absolute atomic E-state index is 14.8. The van der Waals surface area contributed by atoms with Gasteiger partial charge in [-0.3, -0.25) is 0 Å². The predicted molar refractivity (Wildman–Crippen MR) is 354 cm³/mol. The fourth-order valence-electron chi connectivity index (χ4n) is 15.8. The highest BCUT2D eigenvalue weighted by atomic mass is 19.4. The Morgan fingerprint density at radius 3 is 1.55 bits per heavy atom. The first-order valence-corrected chi connectivity index (χ1v) is 30.5. The van der Waals surface area contributed by atoms with Gasteiger partial charge in [0.25, 0.3) is 0 Å². The van der Waals surface area contributed by atoms with E-state index in [-0.39, 0.29) is 5.92 Å². The summed E-state index contributed by atoms with van der Waals surface area (Å²) >= 11 is 0. The summed E-state index contributed by atoms with van der Waals surface area (Å²) < 4.78 is 105. The van der Waals surface area contributed by atoms with Crippen molar-refractivity contribution in [2.75, 3.05) is 9.80 Å². The van der Waals surface area contributed by atoms with Gasteiger partial charge < -0.3 is 23.2 Å². The summed E-state index contributed by atoms with van der Waals surface area (Å²) in [6.45, 7) is 6.23. The molecular formula is C80H51F6N3O2. The number of anilines is 5. The van der Waals surface area contributed by atoms with Gasteiger partial charge in [0.15, 0.2) is 11.3 Å². The first kappa shape index (κ1) is 53.3. The lowest BCUT2D eigenvalue weighted by molar-refractivity contribution is -0.138. The molecular weight excluding hydrogens is 1150 g/mol. The molecule has 2 atom stereocenters. The van der Waals surface area contributed by atoms with Crippen LogP contribution in [0, 0.1) is 13.8 Å². The minimum Gasteiger partial charge on any atom is -0.454 e. The monoisotopic (exact) mass is 1200 g/mol. The number of nitrogens with zero attached hydrogens (tertiary/aromatic N) is 3. The van der Waals surface area contributed by atoms with Gasteiger partial charge in [-0.1, -0.05) is 165 Å². The highest BCUT2D eigenvalue weighted by molar-refractivity contribution is 6.22. The van der Waals surface area contributed by atoms with Crippen LogP contribution in [-0.4, -0.2) is 4.57 Å². The van der Waals surface area contributed by atoms with Gasteiger partial charge in [-0.25, -0.2) is 0 Å². The lowest BCUT2D eigenvalue weighted by atomic mass is 9.65. The zero-order valence-corrected chi connectivity index (χ0v) is 49.2. The fraction of sp³-hybridized carbons (Fsp3) is 0.100. The summed E-state index contributed by atoms with van der Waals surface area (Å²) in [6.07, 6.45) is -6.39. The molecule has 91 heavy (non-hydrogen) atoms. The Bertz CT molecular complexity index is 5670. The van der Waals surface area contributed by atoms with E-state index < -0.39 is 28.9 Å². The van der Waals surface area contributed by atoms with Crippen molar-refractivity contribution in [2.45, 2.75) is 50.9 Å². The van der Waals surface area contributed by atoms with Crippen molar-refractivity contribution < 1.29 is 35.2 Å². The number of benzene rings is 12. The molecule has 440 valence electrons. The number of fused-ring (bicyclic) bond motifs is 22. The van der Waals surface area contributed by atoms with Crippen LogP contribution >= 0.6 is 0 Å². The lowest BCUT2D eigenvalue weighted by Gasteiger charge is -2.41. The normalized spacial score (nSPS) is 15.9. The van der Waals surface area contributed by atoms with Crippen LogP contribution in [0.15, 0.2) is 245 Å². The van der Waals surface area contributed by atoms with Crippen molar-refractivity contribution >= 4 is 110 Å². The van der Waals surface area contributed by atoms with Crippen LogP contribution < -0.4 is 9.80 Å². The molecule has 0 saturated heterocycles. The van der Waals surface area contributed by atoms with E-state index in [9.17, 15) is 26.3 Å². The number of aromatic nitrogens is 1. The predicted octanol–water partition coefficient (Wildman–Crippen LogP) is 23.2. The Morgan fingerprint density at radius 1 is 0.429 bits per heavy atom. The highest BCUT2D eigenvalue weighted by Crippen LogP contribution is 2.66. The minimum atomic E-state index is -4.60. The van der Waals surface area contributed by atoms with E-state index >= 15 is 0 Å². The van der Waals surface area contributed by atoms with Gasteiger partial charge in [-0.05, 0) is 160 Å². The molecule has 0 fully saturated rings. The van der Waals surface area contributed by atoms with Crippen LogP contribution in [0.3, 0.4) is 0 Å². The standard InChI is InChI=1S/C80H51F6N3O2/c1-44-32-41-67(77-70(44)59-26-13-17-46(3)75(59)91-77)88(50-39-35-48(36-40-50)80(84,85)86)69-43-63-72(55-22-7-5-19-52(55)69)71-54-21-6-4-18-51(54)68(42-62(71)78(63)60-27-9-11-30-65(60)89-64-29-10-8-20-53(64)56-23-14-28-61(78)73(56)89)87(49-37-33-47(34-38-49)79(81,82)83)66-31-15-25-58-57-24-12-16-45(2)74(57)90-76(58)66/h4-31,33-44H,32H2,1-3H3. The second kappa shape index (κ2) is 18.9. The molecule has 0 amide bonds. The molecule has 1 spiro atoms. The third-order valence-corrected chi connectivity index (χ3v) is 19.7. The summed E-state index contributed by atoms with van der Waals surface area (Å²) in [7, 11) is 0. The maximum atomic E-state index is 14.8. The van der Waals surface area contributed by atoms with Gasteiger partial charge in [0.05, 0.1) is 56.0 Å². The van der Waals surface area contributed by atoms with E-state index in [1.165, 1.54) is 0 Å². The Morgan fingerprint density at radius 2 is 0.912 bits per heavy atom. The molecule has 2 aliphatic carbocycles. The smallest absolute Gasteiger partial charge is 0.416 e. The molecule has 2 unspecified atom stereocenters. The summed E-state index contributed by atoms with van der Waals surface area (Å²) in [6, 6.07) is 73.8.